The molecule has 1 amide bonds. The molecule has 0 saturated carbocycles. The van der Waals surface area contributed by atoms with Crippen LogP contribution < -0.4 is 4.74 Å². The number of halogens is 1. The summed E-state index contributed by atoms with van der Waals surface area (Å²) in [7, 11) is 0. The highest BCUT2D eigenvalue weighted by Crippen LogP contribution is 2.25. The Kier molecular flexibility index (Phi) is 6.49. The Labute approximate surface area is 168 Å². The third-order valence-electron chi connectivity index (χ3n) is 4.65. The maximum Gasteiger partial charge on any atom is 0.260 e. The van der Waals surface area contributed by atoms with Crippen molar-refractivity contribution in [1.82, 2.24) is 9.80 Å². The zero-order chi connectivity index (χ0) is 19.2. The Morgan fingerprint density at radius 2 is 1.85 bits per heavy atom. The fourth-order valence-electron chi connectivity index (χ4n) is 3.05. The zero-order valence-electron chi connectivity index (χ0n) is 15.3. The maximum absolute atomic E-state index is 12.4. The van der Waals surface area contributed by atoms with Crippen molar-refractivity contribution in [3.63, 3.8) is 0 Å². The molecule has 1 aliphatic rings. The third kappa shape index (κ3) is 5.31. The lowest BCUT2D eigenvalue weighted by atomic mass is 10.1. The van der Waals surface area contributed by atoms with Gasteiger partial charge in [0, 0.05) is 32.7 Å². The molecule has 0 aromatic heterocycles. The van der Waals surface area contributed by atoms with Crippen molar-refractivity contribution in [3.8, 4) is 11.8 Å². The van der Waals surface area contributed by atoms with Gasteiger partial charge in [-0.3, -0.25) is 9.69 Å². The van der Waals surface area contributed by atoms with E-state index < -0.39 is 0 Å². The number of aryl methyl sites for hydroxylation is 1. The number of ether oxygens (including phenoxy) is 1. The van der Waals surface area contributed by atoms with Crippen LogP contribution in [-0.2, 0) is 11.3 Å². The van der Waals surface area contributed by atoms with Gasteiger partial charge in [0.05, 0.1) is 16.1 Å². The van der Waals surface area contributed by atoms with Gasteiger partial charge in [-0.25, -0.2) is 0 Å². The van der Waals surface area contributed by atoms with Crippen LogP contribution in [0.25, 0.3) is 0 Å². The summed E-state index contributed by atoms with van der Waals surface area (Å²) in [5, 5.41) is 8.86. The Morgan fingerprint density at radius 3 is 2.48 bits per heavy atom. The van der Waals surface area contributed by atoms with Gasteiger partial charge in [-0.05, 0) is 58.2 Å². The van der Waals surface area contributed by atoms with E-state index in [2.05, 4.69) is 26.9 Å². The minimum Gasteiger partial charge on any atom is -0.483 e. The van der Waals surface area contributed by atoms with E-state index in [9.17, 15) is 4.79 Å². The van der Waals surface area contributed by atoms with Crippen molar-refractivity contribution >= 4 is 21.8 Å². The molecule has 1 heterocycles. The van der Waals surface area contributed by atoms with E-state index in [1.165, 1.54) is 5.56 Å². The smallest absolute Gasteiger partial charge is 0.260 e. The molecule has 0 atom stereocenters. The van der Waals surface area contributed by atoms with Crippen LogP contribution in [0.3, 0.4) is 0 Å². The molecule has 0 radical (unpaired) electrons. The van der Waals surface area contributed by atoms with E-state index in [1.54, 1.807) is 0 Å². The summed E-state index contributed by atoms with van der Waals surface area (Å²) >= 11 is 3.47. The van der Waals surface area contributed by atoms with Gasteiger partial charge in [0.15, 0.2) is 6.61 Å². The molecule has 6 heteroatoms. The lowest BCUT2D eigenvalue weighted by Gasteiger charge is -2.34. The molecule has 2 aromatic carbocycles. The first-order valence-electron chi connectivity index (χ1n) is 8.93. The number of rotatable bonds is 5. The fraction of sp³-hybridized carbons (Fsp3) is 0.333. The lowest BCUT2D eigenvalue weighted by Crippen LogP contribution is -2.49. The second-order valence-corrected chi connectivity index (χ2v) is 7.54. The van der Waals surface area contributed by atoms with Crippen molar-refractivity contribution in [2.75, 3.05) is 32.8 Å². The van der Waals surface area contributed by atoms with Crippen LogP contribution >= 0.6 is 15.9 Å². The maximum atomic E-state index is 12.4. The topological polar surface area (TPSA) is 56.6 Å². The summed E-state index contributed by atoms with van der Waals surface area (Å²) < 4.78 is 6.54. The standard InChI is InChI=1S/C21H22BrN3O2/c1-16-2-7-20(19(22)12-16)27-15-21(26)25-10-8-24(9-11-25)14-18-5-3-17(13-23)4-6-18/h2-7,12H,8-11,14-15H2,1H3. The second-order valence-electron chi connectivity index (χ2n) is 6.69. The van der Waals surface area contributed by atoms with Gasteiger partial charge in [0.1, 0.15) is 5.75 Å². The molecule has 1 aliphatic heterocycles. The van der Waals surface area contributed by atoms with E-state index in [0.717, 1.165) is 29.7 Å². The van der Waals surface area contributed by atoms with Crippen molar-refractivity contribution in [1.29, 1.82) is 5.26 Å². The number of benzene rings is 2. The zero-order valence-corrected chi connectivity index (χ0v) is 16.9. The molecule has 1 saturated heterocycles. The van der Waals surface area contributed by atoms with Crippen LogP contribution in [0, 0.1) is 18.3 Å². The largest absolute Gasteiger partial charge is 0.483 e. The van der Waals surface area contributed by atoms with E-state index in [-0.39, 0.29) is 12.5 Å². The monoisotopic (exact) mass is 427 g/mol. The molecular formula is C21H22BrN3O2. The van der Waals surface area contributed by atoms with Crippen LogP contribution in [0.15, 0.2) is 46.9 Å². The first kappa shape index (κ1) is 19.4. The number of hydrogen-bond donors (Lipinski definition) is 0. The van der Waals surface area contributed by atoms with Crippen molar-refractivity contribution in [2.45, 2.75) is 13.5 Å². The summed E-state index contributed by atoms with van der Waals surface area (Å²) in [5.41, 5.74) is 3.00. The average Bonchev–Trinajstić information content (AvgIpc) is 2.68. The van der Waals surface area contributed by atoms with Crippen molar-refractivity contribution in [3.05, 3.63) is 63.6 Å². The third-order valence-corrected chi connectivity index (χ3v) is 5.27. The quantitative estimate of drug-likeness (QED) is 0.733. The molecule has 2 aromatic rings. The summed E-state index contributed by atoms with van der Waals surface area (Å²) in [4.78, 5) is 16.6. The highest BCUT2D eigenvalue weighted by molar-refractivity contribution is 9.10. The Balaban J connectivity index is 1.45. The molecule has 27 heavy (non-hydrogen) atoms. The molecule has 0 N–H and O–H groups in total. The molecule has 140 valence electrons. The molecule has 0 aliphatic carbocycles. The molecule has 0 unspecified atom stereocenters. The number of carbonyl (C=O) groups excluding carboxylic acids is 1. The van der Waals surface area contributed by atoms with Crippen LogP contribution in [-0.4, -0.2) is 48.5 Å². The predicted molar refractivity (Wildman–Crippen MR) is 107 cm³/mol. The summed E-state index contributed by atoms with van der Waals surface area (Å²) in [6.45, 7) is 5.97. The average molecular weight is 428 g/mol. The van der Waals surface area contributed by atoms with Crippen LogP contribution in [0.4, 0.5) is 0 Å². The van der Waals surface area contributed by atoms with E-state index in [4.69, 9.17) is 10.00 Å². The van der Waals surface area contributed by atoms with Crippen LogP contribution in [0.1, 0.15) is 16.7 Å². The number of hydrogen-bond acceptors (Lipinski definition) is 4. The number of nitriles is 1. The van der Waals surface area contributed by atoms with Gasteiger partial charge < -0.3 is 9.64 Å². The predicted octanol–water partition coefficient (Wildman–Crippen LogP) is 3.35. The van der Waals surface area contributed by atoms with Gasteiger partial charge in [0.2, 0.25) is 0 Å². The highest BCUT2D eigenvalue weighted by atomic mass is 79.9. The number of piperazine rings is 1. The molecule has 3 rings (SSSR count). The fourth-order valence-corrected chi connectivity index (χ4v) is 3.66. The lowest BCUT2D eigenvalue weighted by molar-refractivity contribution is -0.135. The van der Waals surface area contributed by atoms with Crippen LogP contribution in [0.5, 0.6) is 5.75 Å². The highest BCUT2D eigenvalue weighted by Gasteiger charge is 2.21. The normalized spacial score (nSPS) is 14.6. The van der Waals surface area contributed by atoms with Crippen LogP contribution in [0.2, 0.25) is 0 Å². The SMILES string of the molecule is Cc1ccc(OCC(=O)N2CCN(Cc3ccc(C#N)cc3)CC2)c(Br)c1. The first-order valence-corrected chi connectivity index (χ1v) is 9.72. The Hall–Kier alpha value is -2.36. The number of amides is 1. The molecule has 0 bridgehead atoms. The molecule has 0 spiro atoms. The van der Waals surface area contributed by atoms with Crippen molar-refractivity contribution in [2.24, 2.45) is 0 Å². The van der Waals surface area contributed by atoms with E-state index in [0.29, 0.717) is 24.4 Å². The second kappa shape index (κ2) is 9.03. The van der Waals surface area contributed by atoms with Gasteiger partial charge in [-0.2, -0.15) is 5.26 Å². The Bertz CT molecular complexity index is 837. The minimum atomic E-state index is 0.0144. The first-order chi connectivity index (χ1) is 13.0. The molecule has 5 nitrogen and oxygen atoms in total. The van der Waals surface area contributed by atoms with Crippen molar-refractivity contribution < 1.29 is 9.53 Å². The number of nitrogens with zero attached hydrogens (tertiary/aromatic N) is 3. The van der Waals surface area contributed by atoms with Gasteiger partial charge in [0.25, 0.3) is 5.91 Å². The van der Waals surface area contributed by atoms with Gasteiger partial charge in [-0.1, -0.05) is 18.2 Å². The van der Waals surface area contributed by atoms with E-state index >= 15 is 0 Å². The van der Waals surface area contributed by atoms with E-state index in [1.807, 2.05) is 54.3 Å². The van der Waals surface area contributed by atoms with Gasteiger partial charge >= 0.3 is 0 Å². The summed E-state index contributed by atoms with van der Waals surface area (Å²) in [6, 6.07) is 15.6. The summed E-state index contributed by atoms with van der Waals surface area (Å²) in [5.74, 6) is 0.703. The molecular weight excluding hydrogens is 406 g/mol. The molecule has 1 fully saturated rings. The summed E-state index contributed by atoms with van der Waals surface area (Å²) in [6.07, 6.45) is 0. The minimum absolute atomic E-state index is 0.0144. The van der Waals surface area contributed by atoms with Gasteiger partial charge in [-0.15, -0.1) is 0 Å². The number of carbonyl (C=O) groups is 1. The Morgan fingerprint density at radius 1 is 1.15 bits per heavy atom.